The summed E-state index contributed by atoms with van der Waals surface area (Å²) in [5, 5.41) is 10.8. The molecule has 1 aliphatic rings. The summed E-state index contributed by atoms with van der Waals surface area (Å²) in [5.74, 6) is -0.552. The fraction of sp³-hybridized carbons (Fsp3) is 0.278. The van der Waals surface area contributed by atoms with Gasteiger partial charge in [0.25, 0.3) is 0 Å². The number of rotatable bonds is 4. The number of carbonyl (C=O) groups is 1. The highest BCUT2D eigenvalue weighted by atomic mass is 19.4. The molecule has 2 atom stereocenters. The van der Waals surface area contributed by atoms with Crippen molar-refractivity contribution in [1.82, 2.24) is 19.6 Å². The van der Waals surface area contributed by atoms with Gasteiger partial charge in [-0.2, -0.15) is 23.4 Å². The number of carbonyl (C=O) groups excluding carboxylic acids is 1. The summed E-state index contributed by atoms with van der Waals surface area (Å²) < 4.78 is 42.4. The normalized spacial score (nSPS) is 19.1. The zero-order valence-electron chi connectivity index (χ0n) is 14.3. The zero-order valence-corrected chi connectivity index (χ0v) is 14.3. The number of amides is 1. The Morgan fingerprint density at radius 3 is 2.74 bits per heavy atom. The van der Waals surface area contributed by atoms with E-state index in [9.17, 15) is 18.0 Å². The Bertz CT molecular complexity index is 977. The lowest BCUT2D eigenvalue weighted by Crippen LogP contribution is -2.17. The third kappa shape index (κ3) is 3.44. The molecular weight excluding hydrogens is 359 g/mol. The predicted octanol–water partition coefficient (Wildman–Crippen LogP) is 3.37. The molecule has 9 heteroatoms. The van der Waals surface area contributed by atoms with Crippen molar-refractivity contribution < 1.29 is 18.0 Å². The highest BCUT2D eigenvalue weighted by molar-refractivity contribution is 5.97. The topological polar surface area (TPSA) is 64.7 Å². The lowest BCUT2D eigenvalue weighted by Gasteiger charge is -2.14. The summed E-state index contributed by atoms with van der Waals surface area (Å²) in [6, 6.07) is 4.87. The van der Waals surface area contributed by atoms with Crippen LogP contribution in [0.4, 0.5) is 18.9 Å². The van der Waals surface area contributed by atoms with Crippen molar-refractivity contribution in [2.24, 2.45) is 13.0 Å². The molecule has 3 aromatic rings. The molecule has 2 aromatic heterocycles. The molecule has 0 saturated heterocycles. The molecule has 2 unspecified atom stereocenters. The molecule has 1 aromatic carbocycles. The fourth-order valence-electron chi connectivity index (χ4n) is 3.13. The molecule has 4 rings (SSSR count). The number of aromatic nitrogens is 4. The van der Waals surface area contributed by atoms with Gasteiger partial charge in [0, 0.05) is 31.6 Å². The van der Waals surface area contributed by atoms with E-state index >= 15 is 0 Å². The Hall–Kier alpha value is -3.10. The first-order chi connectivity index (χ1) is 12.8. The van der Waals surface area contributed by atoms with E-state index in [2.05, 4.69) is 15.5 Å². The molecule has 0 bridgehead atoms. The Morgan fingerprint density at radius 2 is 2.11 bits per heavy atom. The van der Waals surface area contributed by atoms with Crippen LogP contribution in [0, 0.1) is 5.92 Å². The quantitative estimate of drug-likeness (QED) is 0.761. The van der Waals surface area contributed by atoms with Crippen LogP contribution in [-0.4, -0.2) is 25.5 Å². The number of benzene rings is 1. The maximum absolute atomic E-state index is 13.1. The van der Waals surface area contributed by atoms with Gasteiger partial charge in [0.2, 0.25) is 5.91 Å². The van der Waals surface area contributed by atoms with Gasteiger partial charge in [0.05, 0.1) is 23.1 Å². The molecule has 0 aliphatic heterocycles. The third-order valence-electron chi connectivity index (χ3n) is 4.61. The number of anilines is 1. The second kappa shape index (κ2) is 6.26. The van der Waals surface area contributed by atoms with Crippen LogP contribution < -0.4 is 5.32 Å². The lowest BCUT2D eigenvalue weighted by atomic mass is 10.1. The van der Waals surface area contributed by atoms with Crippen molar-refractivity contribution in [3.05, 3.63) is 60.2 Å². The number of nitrogens with zero attached hydrogens (tertiary/aromatic N) is 4. The molecule has 1 fully saturated rings. The largest absolute Gasteiger partial charge is 0.416 e. The Kier molecular flexibility index (Phi) is 4.01. The van der Waals surface area contributed by atoms with E-state index in [0.29, 0.717) is 12.1 Å². The molecule has 1 amide bonds. The molecule has 140 valence electrons. The van der Waals surface area contributed by atoms with Crippen LogP contribution in [0.3, 0.4) is 0 Å². The lowest BCUT2D eigenvalue weighted by molar-refractivity contribution is -0.137. The standard InChI is InChI=1S/C18H16F3N5O/c1-25-10-11(9-23-25)13-8-14(13)17(27)24-15-7-12(18(19,20)21)3-4-16(15)26-6-2-5-22-26/h2-7,9-10,13-14H,8H2,1H3,(H,24,27). The first-order valence-electron chi connectivity index (χ1n) is 8.33. The number of nitrogens with one attached hydrogen (secondary N) is 1. The van der Waals surface area contributed by atoms with Crippen LogP contribution in [0.5, 0.6) is 0 Å². The van der Waals surface area contributed by atoms with E-state index in [1.54, 1.807) is 30.2 Å². The van der Waals surface area contributed by atoms with Gasteiger partial charge in [-0.1, -0.05) is 0 Å². The van der Waals surface area contributed by atoms with E-state index in [-0.39, 0.29) is 23.4 Å². The summed E-state index contributed by atoms with van der Waals surface area (Å²) in [6.45, 7) is 0. The van der Waals surface area contributed by atoms with Crippen LogP contribution in [0.2, 0.25) is 0 Å². The van der Waals surface area contributed by atoms with Gasteiger partial charge in [-0.05, 0) is 42.2 Å². The Labute approximate surface area is 152 Å². The maximum Gasteiger partial charge on any atom is 0.416 e. The van der Waals surface area contributed by atoms with Crippen molar-refractivity contribution in [3.8, 4) is 5.69 Å². The summed E-state index contributed by atoms with van der Waals surface area (Å²) in [5.41, 5.74) is 0.581. The summed E-state index contributed by atoms with van der Waals surface area (Å²) >= 11 is 0. The summed E-state index contributed by atoms with van der Waals surface area (Å²) in [4.78, 5) is 12.6. The van der Waals surface area contributed by atoms with Gasteiger partial charge in [0.15, 0.2) is 0 Å². The number of alkyl halides is 3. The van der Waals surface area contributed by atoms with Gasteiger partial charge >= 0.3 is 6.18 Å². The molecule has 1 aliphatic carbocycles. The highest BCUT2D eigenvalue weighted by Crippen LogP contribution is 2.48. The Morgan fingerprint density at radius 1 is 1.30 bits per heavy atom. The van der Waals surface area contributed by atoms with E-state index in [0.717, 1.165) is 17.7 Å². The van der Waals surface area contributed by atoms with Crippen molar-refractivity contribution in [2.75, 3.05) is 5.32 Å². The first-order valence-corrected chi connectivity index (χ1v) is 8.33. The van der Waals surface area contributed by atoms with Gasteiger partial charge in [0.1, 0.15) is 0 Å². The number of aryl methyl sites for hydroxylation is 1. The second-order valence-electron chi connectivity index (χ2n) is 6.57. The molecule has 6 nitrogen and oxygen atoms in total. The number of hydrogen-bond donors (Lipinski definition) is 1. The van der Waals surface area contributed by atoms with E-state index in [4.69, 9.17) is 0 Å². The van der Waals surface area contributed by atoms with Crippen molar-refractivity contribution >= 4 is 11.6 Å². The van der Waals surface area contributed by atoms with Gasteiger partial charge in [-0.25, -0.2) is 4.68 Å². The van der Waals surface area contributed by atoms with Crippen molar-refractivity contribution in [1.29, 1.82) is 0 Å². The van der Waals surface area contributed by atoms with Crippen LogP contribution in [-0.2, 0) is 18.0 Å². The summed E-state index contributed by atoms with van der Waals surface area (Å²) in [6.07, 6.45) is 2.82. The van der Waals surface area contributed by atoms with Gasteiger partial charge in [-0.15, -0.1) is 0 Å². The molecule has 1 saturated carbocycles. The minimum atomic E-state index is -4.50. The van der Waals surface area contributed by atoms with Crippen LogP contribution in [0.15, 0.2) is 49.1 Å². The van der Waals surface area contributed by atoms with E-state index in [1.165, 1.54) is 16.9 Å². The number of halogens is 3. The summed E-state index contributed by atoms with van der Waals surface area (Å²) in [7, 11) is 1.79. The predicted molar refractivity (Wildman–Crippen MR) is 91.3 cm³/mol. The van der Waals surface area contributed by atoms with E-state index < -0.39 is 11.7 Å². The van der Waals surface area contributed by atoms with Gasteiger partial charge < -0.3 is 5.32 Å². The van der Waals surface area contributed by atoms with Crippen molar-refractivity contribution in [3.63, 3.8) is 0 Å². The zero-order chi connectivity index (χ0) is 19.2. The third-order valence-corrected chi connectivity index (χ3v) is 4.61. The minimum Gasteiger partial charge on any atom is -0.324 e. The number of hydrogen-bond acceptors (Lipinski definition) is 3. The smallest absolute Gasteiger partial charge is 0.324 e. The Balaban J connectivity index is 1.59. The molecule has 27 heavy (non-hydrogen) atoms. The minimum absolute atomic E-state index is 0.0395. The van der Waals surface area contributed by atoms with Crippen LogP contribution in [0.25, 0.3) is 5.69 Å². The molecule has 2 heterocycles. The molecule has 0 radical (unpaired) electrons. The second-order valence-corrected chi connectivity index (χ2v) is 6.57. The van der Waals surface area contributed by atoms with E-state index in [1.807, 2.05) is 6.20 Å². The average molecular weight is 375 g/mol. The van der Waals surface area contributed by atoms with Crippen LogP contribution >= 0.6 is 0 Å². The van der Waals surface area contributed by atoms with Crippen LogP contribution in [0.1, 0.15) is 23.5 Å². The fourth-order valence-corrected chi connectivity index (χ4v) is 3.13. The molecule has 0 spiro atoms. The molecule has 1 N–H and O–H groups in total. The maximum atomic E-state index is 13.1. The highest BCUT2D eigenvalue weighted by Gasteiger charge is 2.45. The monoisotopic (exact) mass is 375 g/mol. The van der Waals surface area contributed by atoms with Gasteiger partial charge in [-0.3, -0.25) is 9.48 Å². The average Bonchev–Trinajstić information content (AvgIpc) is 3.00. The molecular formula is C18H16F3N5O. The SMILES string of the molecule is Cn1cc(C2CC2C(=O)Nc2cc(C(F)(F)F)ccc2-n2cccn2)cn1. The first kappa shape index (κ1) is 17.3. The van der Waals surface area contributed by atoms with Crippen molar-refractivity contribution in [2.45, 2.75) is 18.5 Å².